The lowest BCUT2D eigenvalue weighted by Crippen LogP contribution is -1.99. The van der Waals surface area contributed by atoms with Crippen LogP contribution in [0.15, 0.2) is 18.2 Å². The molecule has 0 aliphatic heterocycles. The van der Waals surface area contributed by atoms with Crippen molar-refractivity contribution in [3.8, 4) is 11.8 Å². The van der Waals surface area contributed by atoms with Gasteiger partial charge in [0, 0.05) is 11.5 Å². The fourth-order valence-electron chi connectivity index (χ4n) is 1.24. The van der Waals surface area contributed by atoms with Gasteiger partial charge in [-0.05, 0) is 32.4 Å². The van der Waals surface area contributed by atoms with Crippen LogP contribution in [0, 0.1) is 25.7 Å². The van der Waals surface area contributed by atoms with Crippen LogP contribution in [0.3, 0.4) is 0 Å². The van der Waals surface area contributed by atoms with E-state index in [2.05, 4.69) is 11.8 Å². The minimum atomic E-state index is -0.475. The second-order valence-electron chi connectivity index (χ2n) is 3.29. The minimum Gasteiger partial charge on any atom is -0.456 e. The van der Waals surface area contributed by atoms with Crippen LogP contribution >= 0.6 is 0 Å². The maximum absolute atomic E-state index is 11.0. The Bertz CT molecular complexity index is 422. The van der Waals surface area contributed by atoms with Gasteiger partial charge in [0.15, 0.2) is 0 Å². The van der Waals surface area contributed by atoms with E-state index in [1.807, 2.05) is 32.0 Å². The zero-order valence-electron chi connectivity index (χ0n) is 9.26. The first kappa shape index (κ1) is 11.3. The van der Waals surface area contributed by atoms with E-state index in [0.29, 0.717) is 6.61 Å². The summed E-state index contributed by atoms with van der Waals surface area (Å²) in [6, 6.07) is 5.92. The predicted octanol–water partition coefficient (Wildman–Crippen LogP) is 2.22. The summed E-state index contributed by atoms with van der Waals surface area (Å²) in [4.78, 5) is 11.0. The van der Waals surface area contributed by atoms with Gasteiger partial charge in [0.2, 0.25) is 0 Å². The van der Waals surface area contributed by atoms with Gasteiger partial charge in [0.1, 0.15) is 0 Å². The quantitative estimate of drug-likeness (QED) is 0.515. The predicted molar refractivity (Wildman–Crippen MR) is 59.4 cm³/mol. The molecule has 0 atom stereocenters. The van der Waals surface area contributed by atoms with E-state index >= 15 is 0 Å². The molecule has 0 radical (unpaired) electrons. The molecule has 0 aliphatic rings. The highest BCUT2D eigenvalue weighted by atomic mass is 16.5. The molecule has 1 rings (SSSR count). The molecule has 78 valence electrons. The molecule has 0 saturated heterocycles. The van der Waals surface area contributed by atoms with Gasteiger partial charge in [-0.15, -0.1) is 0 Å². The fourth-order valence-corrected chi connectivity index (χ4v) is 1.24. The largest absolute Gasteiger partial charge is 0.456 e. The van der Waals surface area contributed by atoms with Crippen molar-refractivity contribution in [1.82, 2.24) is 0 Å². The molecule has 0 bridgehead atoms. The van der Waals surface area contributed by atoms with Crippen molar-refractivity contribution in [2.75, 3.05) is 6.61 Å². The summed E-state index contributed by atoms with van der Waals surface area (Å²) in [5, 5.41) is 0. The first-order chi connectivity index (χ1) is 7.13. The van der Waals surface area contributed by atoms with E-state index in [1.54, 1.807) is 6.92 Å². The molecule has 0 aliphatic carbocycles. The molecule has 0 aromatic heterocycles. The van der Waals surface area contributed by atoms with Crippen molar-refractivity contribution in [1.29, 1.82) is 0 Å². The van der Waals surface area contributed by atoms with Crippen molar-refractivity contribution >= 4 is 5.97 Å². The second-order valence-corrected chi connectivity index (χ2v) is 3.29. The standard InChI is InChI=1S/C13H14O2/c1-4-15-13(14)8-7-12-6-5-10(2)9-11(12)3/h5-6,9H,4H2,1-3H3. The Hall–Kier alpha value is -1.75. The number of benzene rings is 1. The molecule has 0 N–H and O–H groups in total. The van der Waals surface area contributed by atoms with Gasteiger partial charge in [0.25, 0.3) is 0 Å². The van der Waals surface area contributed by atoms with E-state index < -0.39 is 5.97 Å². The van der Waals surface area contributed by atoms with E-state index in [4.69, 9.17) is 4.74 Å². The summed E-state index contributed by atoms with van der Waals surface area (Å²) < 4.78 is 4.71. The molecule has 0 saturated carbocycles. The van der Waals surface area contributed by atoms with Crippen LogP contribution in [0.1, 0.15) is 23.6 Å². The van der Waals surface area contributed by atoms with Crippen molar-refractivity contribution in [2.24, 2.45) is 0 Å². The SMILES string of the molecule is CCOC(=O)C#Cc1ccc(C)cc1C. The highest BCUT2D eigenvalue weighted by molar-refractivity contribution is 5.89. The van der Waals surface area contributed by atoms with Crippen LogP contribution in [0.4, 0.5) is 0 Å². The molecule has 0 amide bonds. The zero-order chi connectivity index (χ0) is 11.3. The summed E-state index contributed by atoms with van der Waals surface area (Å²) >= 11 is 0. The topological polar surface area (TPSA) is 26.3 Å². The molecule has 0 heterocycles. The first-order valence-corrected chi connectivity index (χ1v) is 4.89. The van der Waals surface area contributed by atoms with Crippen LogP contribution in [-0.4, -0.2) is 12.6 Å². The Morgan fingerprint density at radius 1 is 1.40 bits per heavy atom. The second kappa shape index (κ2) is 5.21. The van der Waals surface area contributed by atoms with Crippen molar-refractivity contribution < 1.29 is 9.53 Å². The average molecular weight is 202 g/mol. The Labute approximate surface area is 90.3 Å². The van der Waals surface area contributed by atoms with Crippen molar-refractivity contribution in [2.45, 2.75) is 20.8 Å². The van der Waals surface area contributed by atoms with Crippen LogP contribution in [0.25, 0.3) is 0 Å². The molecule has 0 unspecified atom stereocenters. The summed E-state index contributed by atoms with van der Waals surface area (Å²) in [6.45, 7) is 6.12. The summed E-state index contributed by atoms with van der Waals surface area (Å²) in [5.41, 5.74) is 3.13. The number of hydrogen-bond acceptors (Lipinski definition) is 2. The summed E-state index contributed by atoms with van der Waals surface area (Å²) in [6.07, 6.45) is 0. The molecule has 15 heavy (non-hydrogen) atoms. The highest BCUT2D eigenvalue weighted by Crippen LogP contribution is 2.08. The molecule has 2 nitrogen and oxygen atoms in total. The molecule has 1 aromatic rings. The van der Waals surface area contributed by atoms with Gasteiger partial charge in [-0.3, -0.25) is 0 Å². The maximum Gasteiger partial charge on any atom is 0.384 e. The molecule has 1 aromatic carbocycles. The third-order valence-electron chi connectivity index (χ3n) is 1.96. The molecule has 2 heteroatoms. The zero-order valence-corrected chi connectivity index (χ0v) is 9.26. The third kappa shape index (κ3) is 3.47. The third-order valence-corrected chi connectivity index (χ3v) is 1.96. The Morgan fingerprint density at radius 3 is 2.73 bits per heavy atom. The average Bonchev–Trinajstić information content (AvgIpc) is 2.17. The van der Waals surface area contributed by atoms with Crippen molar-refractivity contribution in [3.63, 3.8) is 0 Å². The van der Waals surface area contributed by atoms with E-state index in [1.165, 1.54) is 5.56 Å². The first-order valence-electron chi connectivity index (χ1n) is 4.89. The number of aryl methyl sites for hydroxylation is 2. The molecular weight excluding hydrogens is 188 g/mol. The summed E-state index contributed by atoms with van der Waals surface area (Å²) in [7, 11) is 0. The lowest BCUT2D eigenvalue weighted by molar-refractivity contribution is -0.136. The molecular formula is C13H14O2. The van der Waals surface area contributed by atoms with E-state index in [0.717, 1.165) is 11.1 Å². The van der Waals surface area contributed by atoms with Gasteiger partial charge in [-0.25, -0.2) is 4.79 Å². The fraction of sp³-hybridized carbons (Fsp3) is 0.308. The Balaban J connectivity index is 2.84. The lowest BCUT2D eigenvalue weighted by Gasteiger charge is -1.98. The van der Waals surface area contributed by atoms with E-state index in [-0.39, 0.29) is 0 Å². The number of esters is 1. The maximum atomic E-state index is 11.0. The normalized spacial score (nSPS) is 9.00. The molecule has 0 spiro atoms. The number of ether oxygens (including phenoxy) is 1. The number of rotatable bonds is 1. The van der Waals surface area contributed by atoms with Crippen LogP contribution in [0.2, 0.25) is 0 Å². The monoisotopic (exact) mass is 202 g/mol. The highest BCUT2D eigenvalue weighted by Gasteiger charge is 1.96. The van der Waals surface area contributed by atoms with E-state index in [9.17, 15) is 4.79 Å². The number of carbonyl (C=O) groups is 1. The molecule has 0 fully saturated rings. The van der Waals surface area contributed by atoms with Gasteiger partial charge >= 0.3 is 5.97 Å². The minimum absolute atomic E-state index is 0.362. The van der Waals surface area contributed by atoms with Crippen molar-refractivity contribution in [3.05, 3.63) is 34.9 Å². The number of carbonyl (C=O) groups excluding carboxylic acids is 1. The van der Waals surface area contributed by atoms with Gasteiger partial charge in [0.05, 0.1) is 6.61 Å². The number of hydrogen-bond donors (Lipinski definition) is 0. The van der Waals surface area contributed by atoms with Crippen LogP contribution < -0.4 is 0 Å². The summed E-state index contributed by atoms with van der Waals surface area (Å²) in [5.74, 6) is 4.77. The van der Waals surface area contributed by atoms with Gasteiger partial charge in [-0.2, -0.15) is 0 Å². The van der Waals surface area contributed by atoms with Gasteiger partial charge < -0.3 is 4.74 Å². The van der Waals surface area contributed by atoms with Crippen LogP contribution in [-0.2, 0) is 9.53 Å². The van der Waals surface area contributed by atoms with Crippen LogP contribution in [0.5, 0.6) is 0 Å². The smallest absolute Gasteiger partial charge is 0.384 e. The Morgan fingerprint density at radius 2 is 2.13 bits per heavy atom. The Kier molecular flexibility index (Phi) is 3.93. The van der Waals surface area contributed by atoms with Gasteiger partial charge in [-0.1, -0.05) is 23.6 Å². The lowest BCUT2D eigenvalue weighted by atomic mass is 10.1.